The largest absolute Gasteiger partial charge is 0.459 e. The summed E-state index contributed by atoms with van der Waals surface area (Å²) in [6, 6.07) is 8.02. The summed E-state index contributed by atoms with van der Waals surface area (Å²) < 4.78 is 10.9. The molecule has 6 heteroatoms. The second-order valence-electron chi connectivity index (χ2n) is 7.95. The van der Waals surface area contributed by atoms with Crippen LogP contribution in [0.2, 0.25) is 0 Å². The van der Waals surface area contributed by atoms with Gasteiger partial charge in [-0.25, -0.2) is 9.59 Å². The monoisotopic (exact) mass is 359 g/mol. The molecule has 1 aliphatic carbocycles. The number of ether oxygens (including phenoxy) is 2. The standard InChI is InChI=1S/C20H25NO5/c1-20(2,3)26-19(24)21-15-10-9-14(11-16(15)22)17(21)18(23)25-12-13-7-5-4-6-8-13/h4-8,14-15,17H,9-12H2,1-3H3/t14-,15+,17-/m1/s1. The Morgan fingerprint density at radius 2 is 1.85 bits per heavy atom. The second kappa shape index (κ2) is 7.09. The van der Waals surface area contributed by atoms with Gasteiger partial charge in [-0.1, -0.05) is 30.3 Å². The Bertz CT molecular complexity index is 694. The molecule has 3 aliphatic rings. The molecule has 2 heterocycles. The lowest BCUT2D eigenvalue weighted by Gasteiger charge is -2.48. The fourth-order valence-electron chi connectivity index (χ4n) is 3.69. The number of amides is 1. The summed E-state index contributed by atoms with van der Waals surface area (Å²) in [4.78, 5) is 39.0. The first-order valence-electron chi connectivity index (χ1n) is 9.01. The molecular formula is C20H25NO5. The van der Waals surface area contributed by atoms with Crippen molar-refractivity contribution in [3.8, 4) is 0 Å². The molecule has 0 aromatic heterocycles. The maximum Gasteiger partial charge on any atom is 0.411 e. The maximum absolute atomic E-state index is 12.8. The molecule has 0 radical (unpaired) electrons. The Kier molecular flexibility index (Phi) is 5.03. The summed E-state index contributed by atoms with van der Waals surface area (Å²) in [5, 5.41) is 0. The minimum atomic E-state index is -0.759. The molecule has 3 fully saturated rings. The molecule has 0 N–H and O–H groups in total. The van der Waals surface area contributed by atoms with Gasteiger partial charge in [-0.15, -0.1) is 0 Å². The van der Waals surface area contributed by atoms with Crippen LogP contribution in [0, 0.1) is 5.92 Å². The van der Waals surface area contributed by atoms with Crippen LogP contribution in [0.3, 0.4) is 0 Å². The van der Waals surface area contributed by atoms with E-state index in [0.717, 1.165) is 12.0 Å². The van der Waals surface area contributed by atoms with Crippen molar-refractivity contribution < 1.29 is 23.9 Å². The molecular weight excluding hydrogens is 334 g/mol. The van der Waals surface area contributed by atoms with Gasteiger partial charge >= 0.3 is 12.1 Å². The predicted octanol–water partition coefficient (Wildman–Crippen LogP) is 3.09. The quantitative estimate of drug-likeness (QED) is 0.776. The van der Waals surface area contributed by atoms with Gasteiger partial charge < -0.3 is 9.47 Å². The minimum Gasteiger partial charge on any atom is -0.459 e. The molecule has 0 unspecified atom stereocenters. The van der Waals surface area contributed by atoms with E-state index in [9.17, 15) is 14.4 Å². The second-order valence-corrected chi connectivity index (χ2v) is 7.95. The van der Waals surface area contributed by atoms with Gasteiger partial charge in [0.25, 0.3) is 0 Å². The normalized spacial score (nSPS) is 25.1. The van der Waals surface area contributed by atoms with Gasteiger partial charge in [0.1, 0.15) is 18.2 Å². The van der Waals surface area contributed by atoms with Crippen LogP contribution in [-0.4, -0.2) is 40.4 Å². The van der Waals surface area contributed by atoms with Crippen molar-refractivity contribution in [2.45, 2.75) is 64.3 Å². The van der Waals surface area contributed by atoms with E-state index in [1.165, 1.54) is 4.90 Å². The topological polar surface area (TPSA) is 72.9 Å². The lowest BCUT2D eigenvalue weighted by atomic mass is 9.74. The van der Waals surface area contributed by atoms with Gasteiger partial charge in [-0.05, 0) is 45.1 Å². The summed E-state index contributed by atoms with van der Waals surface area (Å²) >= 11 is 0. The lowest BCUT2D eigenvalue weighted by Crippen LogP contribution is -2.64. The Labute approximate surface area is 153 Å². The molecule has 2 aliphatic heterocycles. The number of rotatable bonds is 3. The molecule has 3 atom stereocenters. The van der Waals surface area contributed by atoms with Crippen molar-refractivity contribution in [1.82, 2.24) is 4.90 Å². The summed E-state index contributed by atoms with van der Waals surface area (Å²) in [5.41, 5.74) is 0.177. The molecule has 4 rings (SSSR count). The number of hydrogen-bond donors (Lipinski definition) is 0. The Hall–Kier alpha value is -2.37. The SMILES string of the molecule is CC(C)(C)OC(=O)N1[C@H]2CC[C@H](CC2=O)[C@@H]1C(=O)OCc1ccccc1. The molecule has 26 heavy (non-hydrogen) atoms. The van der Waals surface area contributed by atoms with Gasteiger partial charge in [0, 0.05) is 6.42 Å². The van der Waals surface area contributed by atoms with Crippen molar-refractivity contribution in [1.29, 1.82) is 0 Å². The third kappa shape index (κ3) is 3.89. The van der Waals surface area contributed by atoms with Gasteiger partial charge in [-0.3, -0.25) is 9.69 Å². The first-order valence-corrected chi connectivity index (χ1v) is 9.01. The molecule has 6 nitrogen and oxygen atoms in total. The first-order chi connectivity index (χ1) is 12.3. The highest BCUT2D eigenvalue weighted by Gasteiger charge is 2.53. The van der Waals surface area contributed by atoms with E-state index >= 15 is 0 Å². The Morgan fingerprint density at radius 1 is 1.15 bits per heavy atom. The van der Waals surface area contributed by atoms with Crippen molar-refractivity contribution in [3.05, 3.63) is 35.9 Å². The fraction of sp³-hybridized carbons (Fsp3) is 0.550. The molecule has 1 aromatic rings. The van der Waals surface area contributed by atoms with Crippen LogP contribution >= 0.6 is 0 Å². The summed E-state index contributed by atoms with van der Waals surface area (Å²) in [5.74, 6) is -0.676. The number of ketones is 1. The summed E-state index contributed by atoms with van der Waals surface area (Å²) in [7, 11) is 0. The Morgan fingerprint density at radius 3 is 2.46 bits per heavy atom. The molecule has 1 saturated carbocycles. The average Bonchev–Trinajstić information content (AvgIpc) is 2.58. The highest BCUT2D eigenvalue weighted by molar-refractivity contribution is 5.94. The number of hydrogen-bond acceptors (Lipinski definition) is 5. The van der Waals surface area contributed by atoms with Crippen LogP contribution in [0.4, 0.5) is 4.79 Å². The van der Waals surface area contributed by atoms with Crippen LogP contribution in [0.15, 0.2) is 30.3 Å². The number of nitrogens with zero attached hydrogens (tertiary/aromatic N) is 1. The lowest BCUT2D eigenvalue weighted by molar-refractivity contribution is -0.163. The van der Waals surface area contributed by atoms with E-state index in [1.54, 1.807) is 20.8 Å². The fourth-order valence-corrected chi connectivity index (χ4v) is 3.69. The van der Waals surface area contributed by atoms with E-state index in [4.69, 9.17) is 9.47 Å². The highest BCUT2D eigenvalue weighted by atomic mass is 16.6. The van der Waals surface area contributed by atoms with Crippen LogP contribution < -0.4 is 0 Å². The number of benzene rings is 1. The minimum absolute atomic E-state index is 0.000724. The van der Waals surface area contributed by atoms with E-state index in [-0.39, 0.29) is 18.3 Å². The summed E-state index contributed by atoms with van der Waals surface area (Å²) in [6.45, 7) is 5.43. The van der Waals surface area contributed by atoms with E-state index in [2.05, 4.69) is 0 Å². The third-order valence-corrected chi connectivity index (χ3v) is 4.80. The number of fused-ring (bicyclic) bond motifs is 3. The molecule has 1 amide bonds. The zero-order valence-electron chi connectivity index (χ0n) is 15.4. The van der Waals surface area contributed by atoms with Crippen molar-refractivity contribution in [2.75, 3.05) is 0 Å². The van der Waals surface area contributed by atoms with Crippen LogP contribution in [0.5, 0.6) is 0 Å². The van der Waals surface area contributed by atoms with Crippen molar-refractivity contribution in [2.24, 2.45) is 5.92 Å². The van der Waals surface area contributed by atoms with Crippen molar-refractivity contribution in [3.63, 3.8) is 0 Å². The predicted molar refractivity (Wildman–Crippen MR) is 94.2 cm³/mol. The van der Waals surface area contributed by atoms with Crippen LogP contribution in [-0.2, 0) is 25.7 Å². The smallest absolute Gasteiger partial charge is 0.411 e. The van der Waals surface area contributed by atoms with E-state index in [1.807, 2.05) is 30.3 Å². The molecule has 0 spiro atoms. The number of piperidine rings is 2. The Balaban J connectivity index is 1.76. The van der Waals surface area contributed by atoms with Gasteiger partial charge in [0.2, 0.25) is 0 Å². The average molecular weight is 359 g/mol. The highest BCUT2D eigenvalue weighted by Crippen LogP contribution is 2.39. The van der Waals surface area contributed by atoms with Crippen LogP contribution in [0.25, 0.3) is 0 Å². The third-order valence-electron chi connectivity index (χ3n) is 4.80. The first kappa shape index (κ1) is 18.4. The number of esters is 1. The molecule has 1 aromatic carbocycles. The molecule has 2 saturated heterocycles. The summed E-state index contributed by atoms with van der Waals surface area (Å²) in [6.07, 6.45) is 1.00. The van der Waals surface area contributed by atoms with Gasteiger partial charge in [0.15, 0.2) is 5.78 Å². The maximum atomic E-state index is 12.8. The van der Waals surface area contributed by atoms with E-state index < -0.39 is 29.7 Å². The molecule has 2 bridgehead atoms. The van der Waals surface area contributed by atoms with Crippen LogP contribution in [0.1, 0.15) is 45.6 Å². The van der Waals surface area contributed by atoms with Gasteiger partial charge in [0.05, 0.1) is 6.04 Å². The van der Waals surface area contributed by atoms with Gasteiger partial charge in [-0.2, -0.15) is 0 Å². The number of carbonyl (C=O) groups excluding carboxylic acids is 3. The zero-order chi connectivity index (χ0) is 18.9. The number of carbonyl (C=O) groups is 3. The molecule has 140 valence electrons. The zero-order valence-corrected chi connectivity index (χ0v) is 15.4. The van der Waals surface area contributed by atoms with Crippen molar-refractivity contribution >= 4 is 17.8 Å². The van der Waals surface area contributed by atoms with E-state index in [0.29, 0.717) is 12.8 Å². The number of Topliss-reactive ketones (excluding diaryl/α,β-unsaturated/α-hetero) is 1.